The quantitative estimate of drug-likeness (QED) is 0.0277. The van der Waals surface area contributed by atoms with Gasteiger partial charge in [0, 0.05) is 19.3 Å². The largest absolute Gasteiger partial charge is 0.462 e. The van der Waals surface area contributed by atoms with Crippen LogP contribution in [0.4, 0.5) is 0 Å². The molecule has 0 rings (SSSR count). The van der Waals surface area contributed by atoms with Crippen molar-refractivity contribution in [1.29, 1.82) is 0 Å². The number of hydrogen-bond acceptors (Lipinski definition) is 6. The predicted molar refractivity (Wildman–Crippen MR) is 219 cm³/mol. The standard InChI is InChI=1S/C46H76O6/c1-4-7-10-13-16-18-19-20-21-22-23-24-25-26-27-28-31-33-36-39-45(48)51-42-43(41-50-44(47)38-35-32-29-15-12-9-6-3)52-46(49)40-37-34-30-17-14-11-8-5-2/h7,10,16,18,20-21,23-24,26-27,31,33,43H,4-6,8-9,11-15,17,19,22,25,28-30,32,34-42H2,1-3H3/b10-7-,18-16-,21-20-,24-23-,27-26-,33-31-. The summed E-state index contributed by atoms with van der Waals surface area (Å²) in [6.07, 6.45) is 49.2. The van der Waals surface area contributed by atoms with Gasteiger partial charge in [0.2, 0.25) is 0 Å². The van der Waals surface area contributed by atoms with Gasteiger partial charge >= 0.3 is 17.9 Å². The van der Waals surface area contributed by atoms with Gasteiger partial charge in [-0.3, -0.25) is 14.4 Å². The first-order valence-electron chi connectivity index (χ1n) is 20.9. The number of hydrogen-bond donors (Lipinski definition) is 0. The van der Waals surface area contributed by atoms with Crippen LogP contribution in [0.3, 0.4) is 0 Å². The number of carbonyl (C=O) groups is 3. The van der Waals surface area contributed by atoms with E-state index in [1.54, 1.807) is 0 Å². The van der Waals surface area contributed by atoms with Gasteiger partial charge < -0.3 is 14.2 Å². The van der Waals surface area contributed by atoms with Crippen LogP contribution in [0.1, 0.15) is 181 Å². The number of unbranched alkanes of at least 4 members (excludes halogenated alkanes) is 13. The normalized spacial score (nSPS) is 12.8. The molecular weight excluding hydrogens is 649 g/mol. The van der Waals surface area contributed by atoms with Crippen molar-refractivity contribution < 1.29 is 28.6 Å². The van der Waals surface area contributed by atoms with Crippen molar-refractivity contribution >= 4 is 17.9 Å². The van der Waals surface area contributed by atoms with Crippen molar-refractivity contribution in [1.82, 2.24) is 0 Å². The average Bonchev–Trinajstić information content (AvgIpc) is 3.14. The van der Waals surface area contributed by atoms with Gasteiger partial charge in [-0.25, -0.2) is 0 Å². The fourth-order valence-electron chi connectivity index (χ4n) is 5.35. The first-order chi connectivity index (χ1) is 25.5. The number of esters is 3. The highest BCUT2D eigenvalue weighted by atomic mass is 16.6. The third kappa shape index (κ3) is 38.1. The lowest BCUT2D eigenvalue weighted by molar-refractivity contribution is -0.166. The molecule has 1 unspecified atom stereocenters. The zero-order valence-corrected chi connectivity index (χ0v) is 33.5. The van der Waals surface area contributed by atoms with Crippen LogP contribution in [-0.2, 0) is 28.6 Å². The highest BCUT2D eigenvalue weighted by Crippen LogP contribution is 2.12. The Hall–Kier alpha value is -3.15. The van der Waals surface area contributed by atoms with Gasteiger partial charge in [0.05, 0.1) is 0 Å². The minimum atomic E-state index is -0.797. The molecule has 0 saturated carbocycles. The summed E-state index contributed by atoms with van der Waals surface area (Å²) >= 11 is 0. The Kier molecular flexibility index (Phi) is 38.2. The summed E-state index contributed by atoms with van der Waals surface area (Å²) < 4.78 is 16.5. The summed E-state index contributed by atoms with van der Waals surface area (Å²) in [6, 6.07) is 0. The van der Waals surface area contributed by atoms with Crippen LogP contribution in [0, 0.1) is 0 Å². The third-order valence-electron chi connectivity index (χ3n) is 8.49. The molecule has 0 aliphatic carbocycles. The Morgan fingerprint density at radius 1 is 0.404 bits per heavy atom. The molecule has 0 amide bonds. The Morgan fingerprint density at radius 2 is 0.750 bits per heavy atom. The molecule has 0 spiro atoms. The van der Waals surface area contributed by atoms with E-state index < -0.39 is 6.10 Å². The van der Waals surface area contributed by atoms with Gasteiger partial charge in [0.15, 0.2) is 6.10 Å². The molecule has 52 heavy (non-hydrogen) atoms. The molecule has 6 nitrogen and oxygen atoms in total. The molecule has 0 radical (unpaired) electrons. The maximum absolute atomic E-state index is 12.6. The third-order valence-corrected chi connectivity index (χ3v) is 8.49. The summed E-state index contributed by atoms with van der Waals surface area (Å²) in [7, 11) is 0. The predicted octanol–water partition coefficient (Wildman–Crippen LogP) is 13.1. The van der Waals surface area contributed by atoms with E-state index in [1.807, 2.05) is 12.2 Å². The Labute approximate surface area is 319 Å². The molecule has 0 aromatic rings. The minimum Gasteiger partial charge on any atom is -0.462 e. The highest BCUT2D eigenvalue weighted by molar-refractivity contribution is 5.71. The van der Waals surface area contributed by atoms with Gasteiger partial charge in [-0.2, -0.15) is 0 Å². The summed E-state index contributed by atoms with van der Waals surface area (Å²) in [5.41, 5.74) is 0. The molecule has 296 valence electrons. The zero-order valence-electron chi connectivity index (χ0n) is 33.5. The lowest BCUT2D eigenvalue weighted by Gasteiger charge is -2.18. The second-order valence-corrected chi connectivity index (χ2v) is 13.5. The van der Waals surface area contributed by atoms with Crippen LogP contribution < -0.4 is 0 Å². The van der Waals surface area contributed by atoms with Crippen LogP contribution in [0.15, 0.2) is 72.9 Å². The topological polar surface area (TPSA) is 78.9 Å². The van der Waals surface area contributed by atoms with E-state index >= 15 is 0 Å². The number of carbonyl (C=O) groups excluding carboxylic acids is 3. The second-order valence-electron chi connectivity index (χ2n) is 13.5. The van der Waals surface area contributed by atoms with E-state index in [9.17, 15) is 14.4 Å². The van der Waals surface area contributed by atoms with Gasteiger partial charge in [-0.1, -0.05) is 177 Å². The van der Waals surface area contributed by atoms with Gasteiger partial charge in [-0.15, -0.1) is 0 Å². The molecule has 0 heterocycles. The van der Waals surface area contributed by atoms with Crippen molar-refractivity contribution in [2.24, 2.45) is 0 Å². The fourth-order valence-corrected chi connectivity index (χ4v) is 5.35. The SMILES string of the molecule is CC/C=C\C/C=C\C/C=C\C/C=C\C/C=C\C/C=C\CCC(=O)OCC(COC(=O)CCCCCCCCC)OC(=O)CCCCCCCCCC. The molecule has 1 atom stereocenters. The maximum atomic E-state index is 12.6. The highest BCUT2D eigenvalue weighted by Gasteiger charge is 2.19. The fraction of sp³-hybridized carbons (Fsp3) is 0.674. The molecule has 0 aliphatic rings. The van der Waals surface area contributed by atoms with Crippen molar-refractivity contribution in [3.63, 3.8) is 0 Å². The van der Waals surface area contributed by atoms with Crippen LogP contribution in [0.25, 0.3) is 0 Å². The number of ether oxygens (including phenoxy) is 3. The van der Waals surface area contributed by atoms with Gasteiger partial charge in [0.1, 0.15) is 13.2 Å². The number of allylic oxidation sites excluding steroid dienone is 12. The number of rotatable bonds is 36. The lowest BCUT2D eigenvalue weighted by Crippen LogP contribution is -2.30. The Bertz CT molecular complexity index is 1020. The Morgan fingerprint density at radius 3 is 1.17 bits per heavy atom. The minimum absolute atomic E-state index is 0.0983. The first kappa shape index (κ1) is 48.9. The monoisotopic (exact) mass is 725 g/mol. The lowest BCUT2D eigenvalue weighted by atomic mass is 10.1. The van der Waals surface area contributed by atoms with E-state index in [0.717, 1.165) is 77.0 Å². The molecule has 0 saturated heterocycles. The Balaban J connectivity index is 4.40. The second kappa shape index (κ2) is 40.6. The summed E-state index contributed by atoms with van der Waals surface area (Å²) in [6.45, 7) is 6.35. The molecular formula is C46H76O6. The van der Waals surface area contributed by atoms with Crippen molar-refractivity contribution in [2.75, 3.05) is 13.2 Å². The zero-order chi connectivity index (χ0) is 38.0. The molecule has 0 aromatic heterocycles. The molecule has 0 bridgehead atoms. The van der Waals surface area contributed by atoms with E-state index in [1.165, 1.54) is 57.8 Å². The van der Waals surface area contributed by atoms with Crippen molar-refractivity contribution in [3.05, 3.63) is 72.9 Å². The molecule has 0 N–H and O–H groups in total. The summed E-state index contributed by atoms with van der Waals surface area (Å²) in [5, 5.41) is 0. The molecule has 0 aromatic carbocycles. The smallest absolute Gasteiger partial charge is 0.306 e. The van der Waals surface area contributed by atoms with E-state index in [0.29, 0.717) is 19.3 Å². The van der Waals surface area contributed by atoms with E-state index in [4.69, 9.17) is 14.2 Å². The van der Waals surface area contributed by atoms with Gasteiger partial charge in [-0.05, 0) is 57.8 Å². The summed E-state index contributed by atoms with van der Waals surface area (Å²) in [5.74, 6) is -1.01. The van der Waals surface area contributed by atoms with E-state index in [-0.39, 0.29) is 37.5 Å². The van der Waals surface area contributed by atoms with Crippen molar-refractivity contribution in [3.8, 4) is 0 Å². The van der Waals surface area contributed by atoms with Crippen LogP contribution in [-0.4, -0.2) is 37.2 Å². The molecule has 0 aliphatic heterocycles. The average molecular weight is 725 g/mol. The maximum Gasteiger partial charge on any atom is 0.306 e. The molecule has 6 heteroatoms. The van der Waals surface area contributed by atoms with Crippen LogP contribution >= 0.6 is 0 Å². The first-order valence-corrected chi connectivity index (χ1v) is 20.9. The van der Waals surface area contributed by atoms with E-state index in [2.05, 4.69) is 81.5 Å². The van der Waals surface area contributed by atoms with Crippen LogP contribution in [0.5, 0.6) is 0 Å². The molecule has 0 fully saturated rings. The van der Waals surface area contributed by atoms with Gasteiger partial charge in [0.25, 0.3) is 0 Å². The van der Waals surface area contributed by atoms with Crippen molar-refractivity contribution in [2.45, 2.75) is 187 Å². The summed E-state index contributed by atoms with van der Waals surface area (Å²) in [4.78, 5) is 37.3. The van der Waals surface area contributed by atoms with Crippen LogP contribution in [0.2, 0.25) is 0 Å².